The lowest BCUT2D eigenvalue weighted by Crippen LogP contribution is -2.04. The molecule has 1 N–H and O–H groups in total. The van der Waals surface area contributed by atoms with Gasteiger partial charge in [0.2, 0.25) is 0 Å². The lowest BCUT2D eigenvalue weighted by atomic mass is 10.3. The lowest BCUT2D eigenvalue weighted by Gasteiger charge is -1.98. The third-order valence-electron chi connectivity index (χ3n) is 2.18. The lowest BCUT2D eigenvalue weighted by molar-refractivity contribution is -0.384. The molecule has 0 aromatic carbocycles. The Balaban J connectivity index is 1.99. The molecule has 0 saturated carbocycles. The summed E-state index contributed by atoms with van der Waals surface area (Å²) < 4.78 is 1.55. The molecule has 0 spiro atoms. The first-order valence-electron chi connectivity index (χ1n) is 4.90. The Kier molecular flexibility index (Phi) is 3.42. The maximum absolute atomic E-state index is 11.8. The van der Waals surface area contributed by atoms with Gasteiger partial charge in [-0.3, -0.25) is 14.9 Å². The first kappa shape index (κ1) is 12.3. The molecule has 2 aromatic rings. The molecule has 0 saturated heterocycles. The molecule has 0 unspecified atom stereocenters. The summed E-state index contributed by atoms with van der Waals surface area (Å²) in [6.45, 7) is 0. The maximum atomic E-state index is 11.8. The molecule has 2 heterocycles. The van der Waals surface area contributed by atoms with Gasteiger partial charge in [0.15, 0.2) is 10.9 Å². The van der Waals surface area contributed by atoms with E-state index < -0.39 is 4.92 Å². The number of ketones is 1. The van der Waals surface area contributed by atoms with E-state index in [1.165, 1.54) is 30.4 Å². The number of H-pyrrole nitrogens is 1. The molecule has 0 atom stereocenters. The Bertz CT molecular complexity index is 591. The van der Waals surface area contributed by atoms with Crippen LogP contribution in [0.3, 0.4) is 0 Å². The molecule has 0 bridgehead atoms. The molecular formula is C9H9N5O3S. The van der Waals surface area contributed by atoms with E-state index in [2.05, 4.69) is 15.1 Å². The highest BCUT2D eigenvalue weighted by molar-refractivity contribution is 7.99. The zero-order chi connectivity index (χ0) is 13.1. The number of carbonyl (C=O) groups excluding carboxylic acids is 1. The predicted molar refractivity (Wildman–Crippen MR) is 63.5 cm³/mol. The van der Waals surface area contributed by atoms with E-state index in [-0.39, 0.29) is 22.9 Å². The average Bonchev–Trinajstić information content (AvgIpc) is 2.94. The summed E-state index contributed by atoms with van der Waals surface area (Å²) in [4.78, 5) is 28.2. The molecule has 0 aliphatic rings. The number of aromatic nitrogens is 4. The number of nitrogens with zero attached hydrogens (tertiary/aromatic N) is 4. The second kappa shape index (κ2) is 5.00. The Morgan fingerprint density at radius 3 is 3.00 bits per heavy atom. The Labute approximate surface area is 106 Å². The van der Waals surface area contributed by atoms with E-state index in [9.17, 15) is 14.9 Å². The van der Waals surface area contributed by atoms with Crippen LogP contribution in [0.4, 0.5) is 5.69 Å². The first-order chi connectivity index (χ1) is 8.58. The van der Waals surface area contributed by atoms with Crippen molar-refractivity contribution in [3.63, 3.8) is 0 Å². The smallest absolute Gasteiger partial charge is 0.287 e. The van der Waals surface area contributed by atoms with Crippen LogP contribution in [-0.2, 0) is 7.05 Å². The first-order valence-corrected chi connectivity index (χ1v) is 5.89. The molecule has 0 fully saturated rings. The third kappa shape index (κ3) is 2.56. The Morgan fingerprint density at radius 1 is 1.67 bits per heavy atom. The van der Waals surface area contributed by atoms with Gasteiger partial charge in [-0.05, 0) is 0 Å². The minimum Gasteiger partial charge on any atom is -0.353 e. The fourth-order valence-corrected chi connectivity index (χ4v) is 2.04. The van der Waals surface area contributed by atoms with Crippen LogP contribution in [0.25, 0.3) is 0 Å². The van der Waals surface area contributed by atoms with Crippen LogP contribution in [0.15, 0.2) is 23.7 Å². The van der Waals surface area contributed by atoms with Crippen LogP contribution < -0.4 is 0 Å². The van der Waals surface area contributed by atoms with Crippen molar-refractivity contribution in [1.29, 1.82) is 0 Å². The Morgan fingerprint density at radius 2 is 2.44 bits per heavy atom. The van der Waals surface area contributed by atoms with E-state index in [0.717, 1.165) is 0 Å². The van der Waals surface area contributed by atoms with Gasteiger partial charge >= 0.3 is 0 Å². The zero-order valence-corrected chi connectivity index (χ0v) is 10.2. The monoisotopic (exact) mass is 267 g/mol. The number of hydrogen-bond donors (Lipinski definition) is 1. The summed E-state index contributed by atoms with van der Waals surface area (Å²) in [6.07, 6.45) is 2.59. The number of thioether (sulfide) groups is 1. The van der Waals surface area contributed by atoms with Crippen LogP contribution >= 0.6 is 11.8 Å². The summed E-state index contributed by atoms with van der Waals surface area (Å²) in [5, 5.41) is 15.0. The van der Waals surface area contributed by atoms with Gasteiger partial charge in [-0.25, -0.2) is 9.67 Å². The molecule has 9 heteroatoms. The molecule has 0 aliphatic carbocycles. The van der Waals surface area contributed by atoms with Gasteiger partial charge in [0.25, 0.3) is 5.69 Å². The van der Waals surface area contributed by atoms with Gasteiger partial charge in [-0.1, -0.05) is 11.8 Å². The fraction of sp³-hybridized carbons (Fsp3) is 0.222. The number of aromatic amines is 1. The summed E-state index contributed by atoms with van der Waals surface area (Å²) in [5.41, 5.74) is 0.0957. The summed E-state index contributed by atoms with van der Waals surface area (Å²) >= 11 is 1.22. The van der Waals surface area contributed by atoms with Gasteiger partial charge < -0.3 is 4.98 Å². The molecular weight excluding hydrogens is 258 g/mol. The molecule has 0 amide bonds. The van der Waals surface area contributed by atoms with Crippen LogP contribution in [0, 0.1) is 10.1 Å². The average molecular weight is 267 g/mol. The molecule has 0 radical (unpaired) electrons. The summed E-state index contributed by atoms with van der Waals surface area (Å²) in [7, 11) is 1.72. The largest absolute Gasteiger partial charge is 0.353 e. The highest BCUT2D eigenvalue weighted by Crippen LogP contribution is 2.17. The fourth-order valence-electron chi connectivity index (χ4n) is 1.27. The number of aryl methyl sites for hydroxylation is 1. The quantitative estimate of drug-likeness (QED) is 0.375. The van der Waals surface area contributed by atoms with Crippen LogP contribution in [-0.4, -0.2) is 36.2 Å². The molecule has 2 aromatic heterocycles. The van der Waals surface area contributed by atoms with E-state index in [4.69, 9.17) is 0 Å². The van der Waals surface area contributed by atoms with Crippen molar-refractivity contribution in [2.75, 3.05) is 5.75 Å². The van der Waals surface area contributed by atoms with Crippen molar-refractivity contribution in [1.82, 2.24) is 19.7 Å². The minimum atomic E-state index is -0.552. The number of nitro groups is 1. The van der Waals surface area contributed by atoms with Crippen LogP contribution in [0.5, 0.6) is 0 Å². The summed E-state index contributed by atoms with van der Waals surface area (Å²) in [6, 6.07) is 1.22. The minimum absolute atomic E-state index is 0.123. The SMILES string of the molecule is Cn1ncnc1SCC(=O)c1cc([N+](=O)[O-])c[nH]1. The van der Waals surface area contributed by atoms with Gasteiger partial charge in [0, 0.05) is 13.1 Å². The third-order valence-corrected chi connectivity index (χ3v) is 3.22. The second-order valence-electron chi connectivity index (χ2n) is 3.41. The van der Waals surface area contributed by atoms with Gasteiger partial charge in [-0.15, -0.1) is 0 Å². The number of hydrogen-bond acceptors (Lipinski definition) is 6. The van der Waals surface area contributed by atoms with Crippen molar-refractivity contribution in [3.05, 3.63) is 34.4 Å². The van der Waals surface area contributed by atoms with Crippen molar-refractivity contribution in [2.45, 2.75) is 5.16 Å². The van der Waals surface area contributed by atoms with Crippen molar-refractivity contribution < 1.29 is 9.72 Å². The van der Waals surface area contributed by atoms with Gasteiger partial charge in [0.05, 0.1) is 22.6 Å². The van der Waals surface area contributed by atoms with E-state index in [1.54, 1.807) is 11.7 Å². The van der Waals surface area contributed by atoms with Gasteiger partial charge in [-0.2, -0.15) is 5.10 Å². The van der Waals surface area contributed by atoms with Crippen molar-refractivity contribution in [3.8, 4) is 0 Å². The molecule has 8 nitrogen and oxygen atoms in total. The number of nitrogens with one attached hydrogen (secondary N) is 1. The molecule has 18 heavy (non-hydrogen) atoms. The second-order valence-corrected chi connectivity index (χ2v) is 4.35. The maximum Gasteiger partial charge on any atom is 0.287 e. The molecule has 2 rings (SSSR count). The number of Topliss-reactive ketones (excluding diaryl/α,β-unsaturated/α-hetero) is 1. The standard InChI is InChI=1S/C9H9N5O3S/c1-13-9(11-5-12-13)18-4-8(15)7-2-6(3-10-7)14(16)17/h2-3,5,10H,4H2,1H3. The van der Waals surface area contributed by atoms with E-state index >= 15 is 0 Å². The van der Waals surface area contributed by atoms with Crippen LogP contribution in [0.1, 0.15) is 10.5 Å². The van der Waals surface area contributed by atoms with E-state index in [0.29, 0.717) is 5.16 Å². The highest BCUT2D eigenvalue weighted by Gasteiger charge is 2.15. The predicted octanol–water partition coefficient (Wildman–Crippen LogP) is 1.03. The number of rotatable bonds is 5. The highest BCUT2D eigenvalue weighted by atomic mass is 32.2. The number of carbonyl (C=O) groups is 1. The van der Waals surface area contributed by atoms with Crippen molar-refractivity contribution >= 4 is 23.2 Å². The van der Waals surface area contributed by atoms with Crippen molar-refractivity contribution in [2.24, 2.45) is 7.05 Å². The van der Waals surface area contributed by atoms with E-state index in [1.807, 2.05) is 0 Å². The summed E-state index contributed by atoms with van der Waals surface area (Å²) in [5.74, 6) is -0.0828. The normalized spacial score (nSPS) is 10.5. The topological polar surface area (TPSA) is 107 Å². The molecule has 0 aliphatic heterocycles. The zero-order valence-electron chi connectivity index (χ0n) is 9.36. The van der Waals surface area contributed by atoms with Crippen LogP contribution in [0.2, 0.25) is 0 Å². The van der Waals surface area contributed by atoms with Gasteiger partial charge in [0.1, 0.15) is 6.33 Å². The Hall–Kier alpha value is -2.16. The molecule has 94 valence electrons.